The second-order valence-corrected chi connectivity index (χ2v) is 6.61. The van der Waals surface area contributed by atoms with E-state index in [1.165, 1.54) is 0 Å². The Labute approximate surface area is 110 Å². The smallest absolute Gasteiger partial charge is 0.150 e. The first kappa shape index (κ1) is 17.8. The van der Waals surface area contributed by atoms with Gasteiger partial charge in [0.2, 0.25) is 0 Å². The highest BCUT2D eigenvalue weighted by Gasteiger charge is 2.11. The largest absolute Gasteiger partial charge is 0.382 e. The van der Waals surface area contributed by atoms with E-state index in [2.05, 4.69) is 5.43 Å². The van der Waals surface area contributed by atoms with E-state index in [-0.39, 0.29) is 17.5 Å². The Balaban J connectivity index is 3.64. The third kappa shape index (κ3) is 9.78. The van der Waals surface area contributed by atoms with Gasteiger partial charge in [0.25, 0.3) is 0 Å². The van der Waals surface area contributed by atoms with E-state index >= 15 is 0 Å². The molecule has 0 rings (SSSR count). The summed E-state index contributed by atoms with van der Waals surface area (Å²) in [6.07, 6.45) is 2.14. The molecule has 0 fully saturated rings. The van der Waals surface area contributed by atoms with Gasteiger partial charge in [-0.05, 0) is 19.3 Å². The number of sulfone groups is 1. The molecule has 0 spiro atoms. The van der Waals surface area contributed by atoms with Crippen molar-refractivity contribution in [2.24, 2.45) is 5.84 Å². The summed E-state index contributed by atoms with van der Waals surface area (Å²) >= 11 is 0. The van der Waals surface area contributed by atoms with E-state index in [4.69, 9.17) is 15.3 Å². The Kier molecular flexibility index (Phi) is 10.6. The van der Waals surface area contributed by atoms with Crippen LogP contribution in [-0.2, 0) is 19.3 Å². The Morgan fingerprint density at radius 1 is 1.22 bits per heavy atom. The molecule has 0 aliphatic heterocycles. The summed E-state index contributed by atoms with van der Waals surface area (Å²) < 4.78 is 32.8. The standard InChI is InChI=1S/C11H26N2O4S/c1-3-18(14,15)10-4-5-11(13-12)6-7-17-9-8-16-2/h11,13H,3-10,12H2,1-2H3. The van der Waals surface area contributed by atoms with Crippen LogP contribution in [0.25, 0.3) is 0 Å². The molecule has 1 unspecified atom stereocenters. The zero-order valence-electron chi connectivity index (χ0n) is 11.4. The van der Waals surface area contributed by atoms with Gasteiger partial charge in [-0.3, -0.25) is 11.3 Å². The van der Waals surface area contributed by atoms with Gasteiger partial charge in [0.15, 0.2) is 0 Å². The van der Waals surface area contributed by atoms with Crippen molar-refractivity contribution in [3.8, 4) is 0 Å². The van der Waals surface area contributed by atoms with Gasteiger partial charge in [0.1, 0.15) is 9.84 Å². The molecule has 0 heterocycles. The minimum Gasteiger partial charge on any atom is -0.382 e. The van der Waals surface area contributed by atoms with E-state index < -0.39 is 9.84 Å². The maximum absolute atomic E-state index is 11.3. The van der Waals surface area contributed by atoms with Crippen LogP contribution in [0.3, 0.4) is 0 Å². The van der Waals surface area contributed by atoms with Crippen molar-refractivity contribution >= 4 is 9.84 Å². The molecule has 0 aliphatic rings. The zero-order valence-corrected chi connectivity index (χ0v) is 12.2. The maximum atomic E-state index is 11.3. The van der Waals surface area contributed by atoms with Crippen molar-refractivity contribution in [2.45, 2.75) is 32.2 Å². The Bertz CT molecular complexity index is 283. The zero-order chi connectivity index (χ0) is 13.9. The highest BCUT2D eigenvalue weighted by atomic mass is 32.2. The van der Waals surface area contributed by atoms with Crippen LogP contribution >= 0.6 is 0 Å². The van der Waals surface area contributed by atoms with Gasteiger partial charge in [0, 0.05) is 25.5 Å². The lowest BCUT2D eigenvalue weighted by molar-refractivity contribution is 0.0654. The van der Waals surface area contributed by atoms with Gasteiger partial charge < -0.3 is 9.47 Å². The normalized spacial score (nSPS) is 13.7. The highest BCUT2D eigenvalue weighted by Crippen LogP contribution is 2.04. The Morgan fingerprint density at radius 3 is 2.50 bits per heavy atom. The van der Waals surface area contributed by atoms with E-state index in [1.807, 2.05) is 0 Å². The number of hydrazine groups is 1. The van der Waals surface area contributed by atoms with Crippen LogP contribution in [0.1, 0.15) is 26.2 Å². The van der Waals surface area contributed by atoms with Crippen LogP contribution in [-0.4, -0.2) is 52.9 Å². The Morgan fingerprint density at radius 2 is 1.94 bits per heavy atom. The molecular weight excluding hydrogens is 256 g/mol. The lowest BCUT2D eigenvalue weighted by atomic mass is 10.1. The second kappa shape index (κ2) is 10.7. The molecule has 0 aromatic heterocycles. The van der Waals surface area contributed by atoms with E-state index in [1.54, 1.807) is 14.0 Å². The van der Waals surface area contributed by atoms with Crippen molar-refractivity contribution in [3.63, 3.8) is 0 Å². The number of nitrogens with two attached hydrogens (primary N) is 1. The molecule has 0 aromatic rings. The van der Waals surface area contributed by atoms with Crippen LogP contribution in [0.2, 0.25) is 0 Å². The lowest BCUT2D eigenvalue weighted by Gasteiger charge is -2.15. The van der Waals surface area contributed by atoms with Gasteiger partial charge in [-0.25, -0.2) is 8.42 Å². The summed E-state index contributed by atoms with van der Waals surface area (Å²) in [6, 6.07) is 0.0969. The van der Waals surface area contributed by atoms with Gasteiger partial charge in [-0.2, -0.15) is 0 Å². The predicted molar refractivity (Wildman–Crippen MR) is 72.0 cm³/mol. The van der Waals surface area contributed by atoms with Crippen LogP contribution in [0, 0.1) is 0 Å². The van der Waals surface area contributed by atoms with Crippen LogP contribution in [0.5, 0.6) is 0 Å². The van der Waals surface area contributed by atoms with Gasteiger partial charge in [-0.1, -0.05) is 6.92 Å². The summed E-state index contributed by atoms with van der Waals surface area (Å²) in [7, 11) is -1.25. The fourth-order valence-corrected chi connectivity index (χ4v) is 2.37. The van der Waals surface area contributed by atoms with Gasteiger partial charge in [0.05, 0.1) is 19.0 Å². The third-order valence-corrected chi connectivity index (χ3v) is 4.52. The summed E-state index contributed by atoms with van der Waals surface area (Å²) in [5, 5.41) is 0. The van der Waals surface area contributed by atoms with E-state index in [9.17, 15) is 8.42 Å². The van der Waals surface area contributed by atoms with E-state index in [0.29, 0.717) is 26.2 Å². The minimum atomic E-state index is -2.87. The van der Waals surface area contributed by atoms with Gasteiger partial charge in [-0.15, -0.1) is 0 Å². The molecule has 110 valence electrons. The first-order chi connectivity index (χ1) is 8.55. The molecule has 0 bridgehead atoms. The van der Waals surface area contributed by atoms with Crippen LogP contribution in [0.15, 0.2) is 0 Å². The third-order valence-electron chi connectivity index (χ3n) is 2.73. The fourth-order valence-electron chi connectivity index (χ4n) is 1.47. The molecule has 0 aromatic carbocycles. The molecule has 0 saturated heterocycles. The first-order valence-electron chi connectivity index (χ1n) is 6.29. The average Bonchev–Trinajstić information content (AvgIpc) is 2.36. The number of hydrogen-bond donors (Lipinski definition) is 2. The topological polar surface area (TPSA) is 90.7 Å². The molecule has 0 radical (unpaired) electrons. The van der Waals surface area contributed by atoms with Crippen molar-refractivity contribution < 1.29 is 17.9 Å². The minimum absolute atomic E-state index is 0.0969. The number of methoxy groups -OCH3 is 1. The summed E-state index contributed by atoms with van der Waals surface area (Å²) in [6.45, 7) is 3.41. The quantitative estimate of drug-likeness (QED) is 0.299. The monoisotopic (exact) mass is 282 g/mol. The fraction of sp³-hybridized carbons (Fsp3) is 1.00. The first-order valence-corrected chi connectivity index (χ1v) is 8.11. The number of nitrogens with one attached hydrogen (secondary N) is 1. The predicted octanol–water partition coefficient (Wildman–Crippen LogP) is 0.0863. The molecule has 0 saturated carbocycles. The van der Waals surface area contributed by atoms with Crippen molar-refractivity contribution in [2.75, 3.05) is 38.4 Å². The molecule has 3 N–H and O–H groups in total. The summed E-state index contributed by atoms with van der Waals surface area (Å²) in [5.74, 6) is 5.85. The molecule has 0 amide bonds. The summed E-state index contributed by atoms with van der Waals surface area (Å²) in [5.41, 5.74) is 2.69. The lowest BCUT2D eigenvalue weighted by Crippen LogP contribution is -2.36. The summed E-state index contributed by atoms with van der Waals surface area (Å²) in [4.78, 5) is 0. The van der Waals surface area contributed by atoms with Crippen molar-refractivity contribution in [1.29, 1.82) is 0 Å². The Hall–Kier alpha value is -0.210. The van der Waals surface area contributed by atoms with Crippen molar-refractivity contribution in [3.05, 3.63) is 0 Å². The number of ether oxygens (including phenoxy) is 2. The maximum Gasteiger partial charge on any atom is 0.150 e. The highest BCUT2D eigenvalue weighted by molar-refractivity contribution is 7.91. The average molecular weight is 282 g/mol. The molecule has 1 atom stereocenters. The second-order valence-electron chi connectivity index (χ2n) is 4.14. The molecule has 7 heteroatoms. The number of hydrogen-bond acceptors (Lipinski definition) is 6. The van der Waals surface area contributed by atoms with Crippen LogP contribution < -0.4 is 11.3 Å². The van der Waals surface area contributed by atoms with Gasteiger partial charge >= 0.3 is 0 Å². The molecule has 18 heavy (non-hydrogen) atoms. The van der Waals surface area contributed by atoms with Crippen LogP contribution in [0.4, 0.5) is 0 Å². The van der Waals surface area contributed by atoms with E-state index in [0.717, 1.165) is 12.8 Å². The van der Waals surface area contributed by atoms with Crippen molar-refractivity contribution in [1.82, 2.24) is 5.43 Å². The molecule has 0 aliphatic carbocycles. The number of rotatable bonds is 12. The molecule has 6 nitrogen and oxygen atoms in total. The molecular formula is C11H26N2O4S. The SMILES string of the molecule is CCS(=O)(=O)CCCC(CCOCCOC)NN.